The maximum atomic E-state index is 10.5. The molecule has 0 atom stereocenters. The van der Waals surface area contributed by atoms with Crippen molar-refractivity contribution < 1.29 is 9.90 Å². The number of fused-ring (bicyclic) bond motifs is 1. The van der Waals surface area contributed by atoms with E-state index in [0.717, 1.165) is 31.6 Å². The minimum atomic E-state index is -0.856. The Morgan fingerprint density at radius 1 is 1.69 bits per heavy atom. The quantitative estimate of drug-likeness (QED) is 0.819. The molecule has 3 nitrogen and oxygen atoms in total. The molecule has 86 valence electrons. The van der Waals surface area contributed by atoms with Gasteiger partial charge in [-0.15, -0.1) is 11.3 Å². The van der Waals surface area contributed by atoms with Gasteiger partial charge in [0.15, 0.2) is 0 Å². The van der Waals surface area contributed by atoms with Crippen LogP contribution in [0.3, 0.4) is 0 Å². The fourth-order valence-electron chi connectivity index (χ4n) is 2.05. The number of carbonyl (C=O) groups is 1. The van der Waals surface area contributed by atoms with Gasteiger partial charge >= 0.3 is 5.97 Å². The molecular formula is C12H15NO2S. The van der Waals surface area contributed by atoms with Crippen LogP contribution in [0.5, 0.6) is 0 Å². The molecule has 0 amide bonds. The average Bonchev–Trinajstić information content (AvgIpc) is 2.63. The molecule has 0 saturated carbocycles. The summed E-state index contributed by atoms with van der Waals surface area (Å²) < 4.78 is 0. The molecule has 1 aromatic heterocycles. The zero-order valence-electron chi connectivity index (χ0n) is 9.27. The standard InChI is InChI=1S/C12H15NO2S/c1-9(6-12(14)15)7-13-4-2-11-10(8-13)3-5-16-11/h3,5-6H,2,4,7-8H2,1H3,(H,14,15). The molecule has 2 rings (SSSR count). The second-order valence-electron chi connectivity index (χ2n) is 4.16. The van der Waals surface area contributed by atoms with Gasteiger partial charge in [0.25, 0.3) is 0 Å². The zero-order valence-corrected chi connectivity index (χ0v) is 10.1. The number of hydrogen-bond acceptors (Lipinski definition) is 3. The third kappa shape index (κ3) is 2.71. The molecule has 16 heavy (non-hydrogen) atoms. The summed E-state index contributed by atoms with van der Waals surface area (Å²) >= 11 is 1.82. The van der Waals surface area contributed by atoms with Gasteiger partial charge in [-0.2, -0.15) is 0 Å². The number of thiophene rings is 1. The van der Waals surface area contributed by atoms with Crippen LogP contribution in [0, 0.1) is 0 Å². The maximum Gasteiger partial charge on any atom is 0.328 e. The van der Waals surface area contributed by atoms with E-state index in [1.807, 2.05) is 18.3 Å². The Bertz CT molecular complexity index is 422. The van der Waals surface area contributed by atoms with Crippen molar-refractivity contribution in [3.05, 3.63) is 33.5 Å². The lowest BCUT2D eigenvalue weighted by Crippen LogP contribution is -2.31. The van der Waals surface area contributed by atoms with Gasteiger partial charge in [-0.1, -0.05) is 5.57 Å². The molecule has 0 radical (unpaired) electrons. The lowest BCUT2D eigenvalue weighted by molar-refractivity contribution is -0.131. The topological polar surface area (TPSA) is 40.5 Å². The van der Waals surface area contributed by atoms with Gasteiger partial charge in [0.05, 0.1) is 0 Å². The molecular weight excluding hydrogens is 222 g/mol. The summed E-state index contributed by atoms with van der Waals surface area (Å²) in [5, 5.41) is 10.8. The average molecular weight is 237 g/mol. The van der Waals surface area contributed by atoms with Gasteiger partial charge in [0.1, 0.15) is 0 Å². The summed E-state index contributed by atoms with van der Waals surface area (Å²) in [4.78, 5) is 14.3. The first-order valence-corrected chi connectivity index (χ1v) is 6.21. The number of nitrogens with zero attached hydrogens (tertiary/aromatic N) is 1. The second-order valence-corrected chi connectivity index (χ2v) is 5.16. The first kappa shape index (κ1) is 11.4. The minimum absolute atomic E-state index is 0.752. The molecule has 0 aliphatic carbocycles. The van der Waals surface area contributed by atoms with E-state index in [0.29, 0.717) is 0 Å². The molecule has 0 unspecified atom stereocenters. The summed E-state index contributed by atoms with van der Waals surface area (Å²) in [6, 6.07) is 2.17. The summed E-state index contributed by atoms with van der Waals surface area (Å²) in [5.41, 5.74) is 2.31. The highest BCUT2D eigenvalue weighted by atomic mass is 32.1. The highest BCUT2D eigenvalue weighted by Crippen LogP contribution is 2.24. The highest BCUT2D eigenvalue weighted by Gasteiger charge is 2.16. The van der Waals surface area contributed by atoms with Crippen molar-refractivity contribution in [2.75, 3.05) is 13.1 Å². The number of hydrogen-bond donors (Lipinski definition) is 1. The first-order valence-electron chi connectivity index (χ1n) is 5.33. The fourth-order valence-corrected chi connectivity index (χ4v) is 2.94. The lowest BCUT2D eigenvalue weighted by atomic mass is 10.1. The van der Waals surface area contributed by atoms with Crippen molar-refractivity contribution in [3.8, 4) is 0 Å². The van der Waals surface area contributed by atoms with E-state index < -0.39 is 5.97 Å². The maximum absolute atomic E-state index is 10.5. The Kier molecular flexibility index (Phi) is 3.41. The largest absolute Gasteiger partial charge is 0.478 e. The van der Waals surface area contributed by atoms with Crippen LogP contribution in [0.1, 0.15) is 17.4 Å². The first-order chi connectivity index (χ1) is 7.65. The molecule has 1 N–H and O–H groups in total. The normalized spacial score (nSPS) is 17.2. The second kappa shape index (κ2) is 4.80. The summed E-state index contributed by atoms with van der Waals surface area (Å²) in [6.45, 7) is 4.60. The van der Waals surface area contributed by atoms with Crippen LogP contribution in [-0.4, -0.2) is 29.1 Å². The van der Waals surface area contributed by atoms with Gasteiger partial charge in [-0.25, -0.2) is 4.79 Å². The monoisotopic (exact) mass is 237 g/mol. The van der Waals surface area contributed by atoms with Crippen LogP contribution in [0.25, 0.3) is 0 Å². The molecule has 0 bridgehead atoms. The Hall–Kier alpha value is -1.13. The summed E-state index contributed by atoms with van der Waals surface area (Å²) in [7, 11) is 0. The molecule has 2 heterocycles. The predicted molar refractivity (Wildman–Crippen MR) is 64.7 cm³/mol. The van der Waals surface area contributed by atoms with Crippen molar-refractivity contribution >= 4 is 17.3 Å². The lowest BCUT2D eigenvalue weighted by Gasteiger charge is -2.26. The highest BCUT2D eigenvalue weighted by molar-refractivity contribution is 7.10. The molecule has 0 spiro atoms. The summed E-state index contributed by atoms with van der Waals surface area (Å²) in [6.07, 6.45) is 2.39. The van der Waals surface area contributed by atoms with E-state index in [2.05, 4.69) is 16.3 Å². The van der Waals surface area contributed by atoms with Crippen LogP contribution < -0.4 is 0 Å². The van der Waals surface area contributed by atoms with Gasteiger partial charge in [-0.05, 0) is 30.4 Å². The predicted octanol–water partition coefficient (Wildman–Crippen LogP) is 2.14. The van der Waals surface area contributed by atoms with Crippen molar-refractivity contribution in [2.24, 2.45) is 0 Å². The molecule has 0 aromatic carbocycles. The van der Waals surface area contributed by atoms with Gasteiger partial charge in [0, 0.05) is 30.6 Å². The van der Waals surface area contributed by atoms with E-state index >= 15 is 0 Å². The Morgan fingerprint density at radius 3 is 3.25 bits per heavy atom. The van der Waals surface area contributed by atoms with Gasteiger partial charge in [0.2, 0.25) is 0 Å². The van der Waals surface area contributed by atoms with Crippen molar-refractivity contribution in [1.82, 2.24) is 4.90 Å². The zero-order chi connectivity index (χ0) is 11.5. The van der Waals surface area contributed by atoms with Gasteiger partial charge < -0.3 is 5.11 Å². The molecule has 0 fully saturated rings. The number of rotatable bonds is 3. The number of aliphatic carboxylic acids is 1. The van der Waals surface area contributed by atoms with Crippen LogP contribution in [0.2, 0.25) is 0 Å². The van der Waals surface area contributed by atoms with E-state index in [1.165, 1.54) is 16.5 Å². The Morgan fingerprint density at radius 2 is 2.50 bits per heavy atom. The van der Waals surface area contributed by atoms with E-state index in [-0.39, 0.29) is 0 Å². The minimum Gasteiger partial charge on any atom is -0.478 e. The molecule has 0 saturated heterocycles. The van der Waals surface area contributed by atoms with Crippen LogP contribution in [-0.2, 0) is 17.8 Å². The molecule has 1 aliphatic heterocycles. The number of carboxylic acids is 1. The summed E-state index contributed by atoms with van der Waals surface area (Å²) in [5.74, 6) is -0.856. The van der Waals surface area contributed by atoms with Crippen LogP contribution in [0.4, 0.5) is 0 Å². The van der Waals surface area contributed by atoms with Gasteiger partial charge in [-0.3, -0.25) is 4.90 Å². The molecule has 4 heteroatoms. The Labute approximate surface area is 99.0 Å². The van der Waals surface area contributed by atoms with Crippen molar-refractivity contribution in [2.45, 2.75) is 19.9 Å². The van der Waals surface area contributed by atoms with E-state index in [4.69, 9.17) is 5.11 Å². The van der Waals surface area contributed by atoms with Crippen molar-refractivity contribution in [1.29, 1.82) is 0 Å². The SMILES string of the molecule is CC(=CC(=O)O)CN1CCc2sccc2C1. The smallest absolute Gasteiger partial charge is 0.328 e. The fraction of sp³-hybridized carbons (Fsp3) is 0.417. The van der Waals surface area contributed by atoms with Crippen LogP contribution >= 0.6 is 11.3 Å². The third-order valence-corrected chi connectivity index (χ3v) is 3.75. The molecule has 1 aliphatic rings. The van der Waals surface area contributed by atoms with E-state index in [1.54, 1.807) is 0 Å². The molecule has 1 aromatic rings. The Balaban J connectivity index is 1.97. The van der Waals surface area contributed by atoms with E-state index in [9.17, 15) is 4.79 Å². The van der Waals surface area contributed by atoms with Crippen LogP contribution in [0.15, 0.2) is 23.1 Å². The third-order valence-electron chi connectivity index (χ3n) is 2.73. The van der Waals surface area contributed by atoms with Crippen molar-refractivity contribution in [3.63, 3.8) is 0 Å². The number of carboxylic acid groups (broad SMARTS) is 1.